The molecule has 1 aliphatic rings. The second-order valence-electron chi connectivity index (χ2n) is 7.67. The molecule has 3 rings (SSSR count). The van der Waals surface area contributed by atoms with Crippen LogP contribution in [0.1, 0.15) is 37.6 Å². The van der Waals surface area contributed by atoms with Gasteiger partial charge in [-0.3, -0.25) is 9.58 Å². The van der Waals surface area contributed by atoms with Crippen LogP contribution in [-0.4, -0.2) is 45.8 Å². The van der Waals surface area contributed by atoms with Gasteiger partial charge in [-0.1, -0.05) is 6.07 Å². The van der Waals surface area contributed by atoms with Crippen LogP contribution in [0.25, 0.3) is 0 Å². The second kappa shape index (κ2) is 6.85. The number of hydrogen-bond donors (Lipinski definition) is 0. The van der Waals surface area contributed by atoms with Gasteiger partial charge in [0, 0.05) is 44.5 Å². The minimum atomic E-state index is 0.0203. The Kier molecular flexibility index (Phi) is 4.78. The lowest BCUT2D eigenvalue weighted by atomic mass is 10.1. The summed E-state index contributed by atoms with van der Waals surface area (Å²) in [6.45, 7) is 13.1. The van der Waals surface area contributed by atoms with E-state index in [4.69, 9.17) is 5.26 Å². The molecule has 6 heteroatoms. The molecular weight excluding hydrogens is 312 g/mol. The van der Waals surface area contributed by atoms with Gasteiger partial charge in [-0.15, -0.1) is 0 Å². The Morgan fingerprint density at radius 2 is 1.88 bits per heavy atom. The van der Waals surface area contributed by atoms with E-state index in [0.717, 1.165) is 44.1 Å². The molecular formula is C19H26N6. The summed E-state index contributed by atoms with van der Waals surface area (Å²) >= 11 is 0. The van der Waals surface area contributed by atoms with Gasteiger partial charge in [-0.2, -0.15) is 10.4 Å². The zero-order valence-corrected chi connectivity index (χ0v) is 15.5. The predicted octanol–water partition coefficient (Wildman–Crippen LogP) is 2.54. The van der Waals surface area contributed by atoms with E-state index in [1.165, 1.54) is 5.56 Å². The van der Waals surface area contributed by atoms with Gasteiger partial charge in [0.05, 0.1) is 11.7 Å². The quantitative estimate of drug-likeness (QED) is 0.861. The van der Waals surface area contributed by atoms with Crippen molar-refractivity contribution in [2.24, 2.45) is 0 Å². The van der Waals surface area contributed by atoms with Crippen LogP contribution in [-0.2, 0) is 12.1 Å². The van der Waals surface area contributed by atoms with Crippen molar-refractivity contribution in [1.82, 2.24) is 19.7 Å². The summed E-state index contributed by atoms with van der Waals surface area (Å²) in [5.74, 6) is 0.905. The van der Waals surface area contributed by atoms with Crippen LogP contribution in [0.2, 0.25) is 0 Å². The summed E-state index contributed by atoms with van der Waals surface area (Å²) in [5.41, 5.74) is 2.73. The molecule has 1 fully saturated rings. The topological polar surface area (TPSA) is 61.0 Å². The monoisotopic (exact) mass is 338 g/mol. The zero-order valence-electron chi connectivity index (χ0n) is 15.5. The minimum absolute atomic E-state index is 0.0203. The summed E-state index contributed by atoms with van der Waals surface area (Å²) in [6.07, 6.45) is 4.12. The Bertz CT molecular complexity index is 772. The van der Waals surface area contributed by atoms with E-state index in [-0.39, 0.29) is 5.54 Å². The standard InChI is InChI=1S/C19H26N6/c1-15-5-6-18(22-17(15)11-20)24-9-7-23(8-10-24)13-16-12-21-25(14-16)19(2,3)4/h5-6,12,14H,7-10,13H2,1-4H3. The molecule has 0 atom stereocenters. The van der Waals surface area contributed by atoms with Crippen LogP contribution in [0.3, 0.4) is 0 Å². The lowest BCUT2D eigenvalue weighted by molar-refractivity contribution is 0.249. The summed E-state index contributed by atoms with van der Waals surface area (Å²) < 4.78 is 2.03. The Morgan fingerprint density at radius 3 is 2.48 bits per heavy atom. The van der Waals surface area contributed by atoms with E-state index in [1.54, 1.807) is 0 Å². The van der Waals surface area contributed by atoms with Gasteiger partial charge in [0.15, 0.2) is 0 Å². The normalized spacial score (nSPS) is 16.0. The number of aryl methyl sites for hydroxylation is 1. The van der Waals surface area contributed by atoms with Gasteiger partial charge in [0.1, 0.15) is 17.6 Å². The van der Waals surface area contributed by atoms with Gasteiger partial charge < -0.3 is 4.90 Å². The van der Waals surface area contributed by atoms with Crippen molar-refractivity contribution < 1.29 is 0 Å². The Balaban J connectivity index is 1.59. The summed E-state index contributed by atoms with van der Waals surface area (Å²) in [4.78, 5) is 9.19. The lowest BCUT2D eigenvalue weighted by Crippen LogP contribution is -2.46. The van der Waals surface area contributed by atoms with Gasteiger partial charge in [-0.05, 0) is 39.3 Å². The largest absolute Gasteiger partial charge is 0.354 e. The predicted molar refractivity (Wildman–Crippen MR) is 98.4 cm³/mol. The summed E-state index contributed by atoms with van der Waals surface area (Å²) in [7, 11) is 0. The molecule has 3 heterocycles. The third-order valence-corrected chi connectivity index (χ3v) is 4.61. The van der Waals surface area contributed by atoms with E-state index in [2.05, 4.69) is 52.9 Å². The van der Waals surface area contributed by atoms with Crippen LogP contribution in [0.15, 0.2) is 24.5 Å². The molecule has 0 unspecified atom stereocenters. The number of pyridine rings is 1. The number of hydrogen-bond acceptors (Lipinski definition) is 5. The first-order valence-electron chi connectivity index (χ1n) is 8.76. The van der Waals surface area contributed by atoms with Crippen LogP contribution < -0.4 is 4.90 Å². The molecule has 132 valence electrons. The molecule has 0 saturated carbocycles. The molecule has 0 bridgehead atoms. The molecule has 0 N–H and O–H groups in total. The van der Waals surface area contributed by atoms with Crippen molar-refractivity contribution in [1.29, 1.82) is 5.26 Å². The number of nitriles is 1. The highest BCUT2D eigenvalue weighted by Gasteiger charge is 2.20. The third-order valence-electron chi connectivity index (χ3n) is 4.61. The van der Waals surface area contributed by atoms with Gasteiger partial charge in [0.2, 0.25) is 0 Å². The fourth-order valence-corrected chi connectivity index (χ4v) is 3.01. The molecule has 25 heavy (non-hydrogen) atoms. The SMILES string of the molecule is Cc1ccc(N2CCN(Cc3cnn(C(C)(C)C)c3)CC2)nc1C#N. The van der Waals surface area contributed by atoms with Crippen molar-refractivity contribution in [2.75, 3.05) is 31.1 Å². The Morgan fingerprint density at radius 1 is 1.16 bits per heavy atom. The maximum absolute atomic E-state index is 9.16. The maximum atomic E-state index is 9.16. The smallest absolute Gasteiger partial charge is 0.145 e. The first kappa shape index (κ1) is 17.4. The number of piperazine rings is 1. The van der Waals surface area contributed by atoms with Crippen molar-refractivity contribution >= 4 is 5.82 Å². The van der Waals surface area contributed by atoms with Crippen molar-refractivity contribution in [3.63, 3.8) is 0 Å². The van der Waals surface area contributed by atoms with Crippen molar-refractivity contribution in [3.05, 3.63) is 41.3 Å². The third kappa shape index (κ3) is 3.99. The molecule has 2 aromatic rings. The van der Waals surface area contributed by atoms with E-state index in [9.17, 15) is 0 Å². The van der Waals surface area contributed by atoms with E-state index in [0.29, 0.717) is 5.69 Å². The molecule has 0 radical (unpaired) electrons. The lowest BCUT2D eigenvalue weighted by Gasteiger charge is -2.35. The highest BCUT2D eigenvalue weighted by Crippen LogP contribution is 2.18. The molecule has 0 aliphatic carbocycles. The van der Waals surface area contributed by atoms with E-state index in [1.807, 2.05) is 29.9 Å². The van der Waals surface area contributed by atoms with E-state index < -0.39 is 0 Å². The molecule has 1 aliphatic heterocycles. The molecule has 6 nitrogen and oxygen atoms in total. The second-order valence-corrected chi connectivity index (χ2v) is 7.67. The number of nitrogens with zero attached hydrogens (tertiary/aromatic N) is 6. The summed E-state index contributed by atoms with van der Waals surface area (Å²) in [6, 6.07) is 6.17. The van der Waals surface area contributed by atoms with Crippen molar-refractivity contribution in [3.8, 4) is 6.07 Å². The maximum Gasteiger partial charge on any atom is 0.145 e. The van der Waals surface area contributed by atoms with Crippen LogP contribution in [0.4, 0.5) is 5.82 Å². The molecule has 0 aromatic carbocycles. The fourth-order valence-electron chi connectivity index (χ4n) is 3.01. The van der Waals surface area contributed by atoms with Crippen LogP contribution in [0, 0.1) is 18.3 Å². The average Bonchev–Trinajstić information content (AvgIpc) is 3.05. The Hall–Kier alpha value is -2.39. The molecule has 1 saturated heterocycles. The van der Waals surface area contributed by atoms with Crippen molar-refractivity contribution in [2.45, 2.75) is 39.8 Å². The highest BCUT2D eigenvalue weighted by molar-refractivity contribution is 5.45. The first-order chi connectivity index (χ1) is 11.9. The minimum Gasteiger partial charge on any atom is -0.354 e. The zero-order chi connectivity index (χ0) is 18.0. The van der Waals surface area contributed by atoms with Gasteiger partial charge in [-0.25, -0.2) is 4.98 Å². The fraction of sp³-hybridized carbons (Fsp3) is 0.526. The number of anilines is 1. The average molecular weight is 338 g/mol. The Labute approximate surface area is 149 Å². The summed E-state index contributed by atoms with van der Waals surface area (Å²) in [5, 5.41) is 13.6. The van der Waals surface area contributed by atoms with Crippen LogP contribution in [0.5, 0.6) is 0 Å². The number of aromatic nitrogens is 3. The highest BCUT2D eigenvalue weighted by atomic mass is 15.3. The van der Waals surface area contributed by atoms with Gasteiger partial charge >= 0.3 is 0 Å². The molecule has 0 amide bonds. The van der Waals surface area contributed by atoms with Crippen LogP contribution >= 0.6 is 0 Å². The van der Waals surface area contributed by atoms with E-state index >= 15 is 0 Å². The molecule has 0 spiro atoms. The molecule has 2 aromatic heterocycles. The van der Waals surface area contributed by atoms with Gasteiger partial charge in [0.25, 0.3) is 0 Å². The number of rotatable bonds is 3. The first-order valence-corrected chi connectivity index (χ1v) is 8.76.